The molecule has 1 aliphatic carbocycles. The highest BCUT2D eigenvalue weighted by atomic mass is 32.2. The topological polar surface area (TPSA) is 106 Å². The molecule has 1 fully saturated rings. The number of carboxylic acid groups (broad SMARTS) is 1. The minimum Gasteiger partial charge on any atom is -0.480 e. The Labute approximate surface area is 151 Å². The van der Waals surface area contributed by atoms with Gasteiger partial charge in [0, 0.05) is 11.7 Å². The summed E-state index contributed by atoms with van der Waals surface area (Å²) >= 11 is 0. The van der Waals surface area contributed by atoms with Crippen LogP contribution in [0.15, 0.2) is 23.1 Å². The van der Waals surface area contributed by atoms with Crippen molar-refractivity contribution in [3.8, 4) is 0 Å². The minimum atomic E-state index is -3.70. The number of benzene rings is 1. The molecular formula is C18H21FO6S. The number of hydrogen-bond acceptors (Lipinski definition) is 5. The van der Waals surface area contributed by atoms with Gasteiger partial charge in [-0.15, -0.1) is 0 Å². The van der Waals surface area contributed by atoms with E-state index in [2.05, 4.69) is 0 Å². The van der Waals surface area contributed by atoms with E-state index in [-0.39, 0.29) is 4.90 Å². The summed E-state index contributed by atoms with van der Waals surface area (Å²) in [5.41, 5.74) is -4.09. The fourth-order valence-corrected chi connectivity index (χ4v) is 3.71. The van der Waals surface area contributed by atoms with Crippen LogP contribution >= 0.6 is 0 Å². The highest BCUT2D eigenvalue weighted by Crippen LogP contribution is 2.51. The van der Waals surface area contributed by atoms with Crippen LogP contribution in [0, 0.1) is 22.6 Å². The van der Waals surface area contributed by atoms with E-state index in [4.69, 9.17) is 0 Å². The van der Waals surface area contributed by atoms with Crippen molar-refractivity contribution < 1.29 is 32.3 Å². The molecule has 0 radical (unpaired) electrons. The number of halogens is 1. The van der Waals surface area contributed by atoms with Gasteiger partial charge in [0.15, 0.2) is 26.8 Å². The Morgan fingerprint density at radius 3 is 2.04 bits per heavy atom. The monoisotopic (exact) mass is 384 g/mol. The Hall–Kier alpha value is -2.09. The third kappa shape index (κ3) is 3.30. The van der Waals surface area contributed by atoms with Crippen LogP contribution in [0.2, 0.25) is 0 Å². The van der Waals surface area contributed by atoms with E-state index in [0.29, 0.717) is 18.9 Å². The third-order valence-corrected chi connectivity index (χ3v) is 5.65. The highest BCUT2D eigenvalue weighted by Gasteiger charge is 2.64. The number of carboxylic acids is 1. The Morgan fingerprint density at radius 2 is 1.69 bits per heavy atom. The molecule has 1 aliphatic rings. The molecule has 2 rings (SSSR count). The van der Waals surface area contributed by atoms with Crippen LogP contribution in [0.3, 0.4) is 0 Å². The van der Waals surface area contributed by atoms with Gasteiger partial charge in [-0.05, 0) is 37.0 Å². The van der Waals surface area contributed by atoms with Crippen molar-refractivity contribution in [2.45, 2.75) is 38.5 Å². The number of carbonyl (C=O) groups excluding carboxylic acids is 2. The predicted octanol–water partition coefficient (Wildman–Crippen LogP) is 2.51. The van der Waals surface area contributed by atoms with E-state index in [0.717, 1.165) is 18.4 Å². The van der Waals surface area contributed by atoms with Gasteiger partial charge in [0.2, 0.25) is 0 Å². The molecule has 1 unspecified atom stereocenters. The van der Waals surface area contributed by atoms with Gasteiger partial charge in [-0.1, -0.05) is 20.8 Å². The van der Waals surface area contributed by atoms with Gasteiger partial charge in [-0.2, -0.15) is 0 Å². The van der Waals surface area contributed by atoms with Crippen molar-refractivity contribution in [3.05, 3.63) is 29.6 Å². The molecule has 142 valence electrons. The molecule has 0 saturated heterocycles. The van der Waals surface area contributed by atoms with Gasteiger partial charge < -0.3 is 5.11 Å². The zero-order valence-electron chi connectivity index (χ0n) is 15.0. The summed E-state index contributed by atoms with van der Waals surface area (Å²) in [5, 5.41) is 9.81. The summed E-state index contributed by atoms with van der Waals surface area (Å²) in [5.74, 6) is -5.38. The highest BCUT2D eigenvalue weighted by molar-refractivity contribution is 7.90. The van der Waals surface area contributed by atoms with E-state index in [1.807, 2.05) is 0 Å². The second-order valence-electron chi connectivity index (χ2n) is 7.71. The average Bonchev–Trinajstić information content (AvgIpc) is 3.30. The fourth-order valence-electron chi connectivity index (χ4n) is 3.07. The number of aliphatic carboxylic acids is 1. The van der Waals surface area contributed by atoms with Crippen LogP contribution < -0.4 is 0 Å². The van der Waals surface area contributed by atoms with Gasteiger partial charge >= 0.3 is 5.97 Å². The number of rotatable bonds is 6. The molecule has 8 heteroatoms. The summed E-state index contributed by atoms with van der Waals surface area (Å²) in [6.45, 7) is 4.52. The first kappa shape index (κ1) is 20.2. The summed E-state index contributed by atoms with van der Waals surface area (Å²) in [4.78, 5) is 37.8. The lowest BCUT2D eigenvalue weighted by Crippen LogP contribution is -2.53. The van der Waals surface area contributed by atoms with Crippen LogP contribution in [0.1, 0.15) is 44.0 Å². The Morgan fingerprint density at radius 1 is 1.15 bits per heavy atom. The van der Waals surface area contributed by atoms with Gasteiger partial charge in [0.25, 0.3) is 0 Å². The van der Waals surface area contributed by atoms with E-state index < -0.39 is 55.5 Å². The molecule has 1 N–H and O–H groups in total. The number of hydrogen-bond donors (Lipinski definition) is 1. The Kier molecular flexibility index (Phi) is 4.87. The summed E-state index contributed by atoms with van der Waals surface area (Å²) < 4.78 is 37.5. The van der Waals surface area contributed by atoms with Crippen LogP contribution in [-0.2, 0) is 19.4 Å². The molecule has 0 spiro atoms. The first-order valence-corrected chi connectivity index (χ1v) is 9.96. The molecule has 1 aromatic carbocycles. The molecule has 0 heterocycles. The van der Waals surface area contributed by atoms with E-state index in [1.165, 1.54) is 20.8 Å². The Bertz CT molecular complexity index is 893. The standard InChI is InChI=1S/C18H21FO6S/c1-17(2,3)15(21)18(16(22)23,10-5-6-10)14(20)12-8-7-11(9-13(12)19)26(4,24)25/h7-10H,5-6H2,1-4H3,(H,22,23). The maximum atomic E-state index is 14.5. The van der Waals surface area contributed by atoms with Gasteiger partial charge in [0.05, 0.1) is 10.5 Å². The van der Waals surface area contributed by atoms with Crippen LogP contribution in [0.25, 0.3) is 0 Å². The minimum absolute atomic E-state index is 0.332. The molecule has 0 amide bonds. The molecule has 6 nitrogen and oxygen atoms in total. The molecule has 1 atom stereocenters. The summed E-state index contributed by atoms with van der Waals surface area (Å²) in [6.07, 6.45) is 1.64. The molecule has 1 saturated carbocycles. The largest absolute Gasteiger partial charge is 0.480 e. The van der Waals surface area contributed by atoms with Crippen molar-refractivity contribution in [3.63, 3.8) is 0 Å². The number of Topliss-reactive ketones (excluding diaryl/α,β-unsaturated/α-hetero) is 2. The van der Waals surface area contributed by atoms with Crippen LogP contribution in [0.4, 0.5) is 4.39 Å². The normalized spacial score (nSPS) is 17.4. The van der Waals surface area contributed by atoms with Gasteiger partial charge in [-0.25, -0.2) is 12.8 Å². The SMILES string of the molecule is CC(C)(C)C(=O)C(C(=O)O)(C(=O)c1ccc(S(C)(=O)=O)cc1F)C1CC1. The van der Waals surface area contributed by atoms with Crippen molar-refractivity contribution in [1.29, 1.82) is 0 Å². The van der Waals surface area contributed by atoms with Crippen LogP contribution in [0.5, 0.6) is 0 Å². The van der Waals surface area contributed by atoms with E-state index in [9.17, 15) is 32.3 Å². The molecule has 0 aliphatic heterocycles. The molecule has 0 bridgehead atoms. The Balaban J connectivity index is 2.66. The fraction of sp³-hybridized carbons (Fsp3) is 0.500. The number of carbonyl (C=O) groups is 3. The lowest BCUT2D eigenvalue weighted by Gasteiger charge is -2.32. The first-order chi connectivity index (χ1) is 11.7. The second-order valence-corrected chi connectivity index (χ2v) is 9.73. The van der Waals surface area contributed by atoms with Gasteiger partial charge in [-0.3, -0.25) is 14.4 Å². The molecular weight excluding hydrogens is 363 g/mol. The van der Waals surface area contributed by atoms with Gasteiger partial charge in [0.1, 0.15) is 5.82 Å². The molecule has 1 aromatic rings. The first-order valence-electron chi connectivity index (χ1n) is 8.06. The smallest absolute Gasteiger partial charge is 0.325 e. The van der Waals surface area contributed by atoms with E-state index in [1.54, 1.807) is 0 Å². The average molecular weight is 384 g/mol. The number of ketones is 2. The molecule has 26 heavy (non-hydrogen) atoms. The van der Waals surface area contributed by atoms with Crippen molar-refractivity contribution in [2.24, 2.45) is 16.7 Å². The maximum absolute atomic E-state index is 14.5. The second kappa shape index (κ2) is 6.26. The summed E-state index contributed by atoms with van der Waals surface area (Å²) in [7, 11) is -3.70. The van der Waals surface area contributed by atoms with Crippen molar-refractivity contribution >= 4 is 27.4 Å². The zero-order valence-corrected chi connectivity index (χ0v) is 15.8. The quantitative estimate of drug-likeness (QED) is 0.597. The predicted molar refractivity (Wildman–Crippen MR) is 91.1 cm³/mol. The lowest BCUT2D eigenvalue weighted by atomic mass is 9.65. The van der Waals surface area contributed by atoms with Crippen molar-refractivity contribution in [1.82, 2.24) is 0 Å². The molecule has 0 aromatic heterocycles. The third-order valence-electron chi connectivity index (χ3n) is 4.54. The van der Waals surface area contributed by atoms with Crippen molar-refractivity contribution in [2.75, 3.05) is 6.26 Å². The number of sulfone groups is 1. The summed E-state index contributed by atoms with van der Waals surface area (Å²) in [6, 6.07) is 2.64. The maximum Gasteiger partial charge on any atom is 0.325 e. The zero-order chi connectivity index (χ0) is 20.1. The van der Waals surface area contributed by atoms with Crippen LogP contribution in [-0.4, -0.2) is 37.3 Å². The lowest BCUT2D eigenvalue weighted by molar-refractivity contribution is -0.155. The van der Waals surface area contributed by atoms with E-state index >= 15 is 0 Å².